The maximum absolute atomic E-state index is 12.3. The molecule has 23 heavy (non-hydrogen) atoms. The minimum absolute atomic E-state index is 0.0287. The smallest absolute Gasteiger partial charge is 0.215 e. The van der Waals surface area contributed by atoms with E-state index in [1.807, 2.05) is 31.2 Å². The number of aryl methyl sites for hydroxylation is 1. The molecule has 0 radical (unpaired) electrons. The Morgan fingerprint density at radius 2 is 1.83 bits per heavy atom. The number of morpholine rings is 1. The van der Waals surface area contributed by atoms with Crippen LogP contribution in [0.5, 0.6) is 0 Å². The molecule has 7 nitrogen and oxygen atoms in total. The maximum atomic E-state index is 12.3. The Kier molecular flexibility index (Phi) is 4.74. The van der Waals surface area contributed by atoms with Gasteiger partial charge in [-0.2, -0.15) is 4.31 Å². The first kappa shape index (κ1) is 16.1. The second-order valence-electron chi connectivity index (χ2n) is 5.40. The molecule has 124 valence electrons. The summed E-state index contributed by atoms with van der Waals surface area (Å²) >= 11 is 0. The third kappa shape index (κ3) is 3.77. The van der Waals surface area contributed by atoms with Crippen LogP contribution in [0.3, 0.4) is 0 Å². The van der Waals surface area contributed by atoms with Gasteiger partial charge in [0.1, 0.15) is 5.82 Å². The molecule has 2 heterocycles. The molecule has 2 aromatic rings. The molecular formula is C15H20N4O3S. The van der Waals surface area contributed by atoms with Crippen LogP contribution in [0.15, 0.2) is 24.3 Å². The van der Waals surface area contributed by atoms with Crippen LogP contribution < -0.4 is 5.32 Å². The summed E-state index contributed by atoms with van der Waals surface area (Å²) in [6.45, 7) is 3.93. The summed E-state index contributed by atoms with van der Waals surface area (Å²) in [4.78, 5) is 8.98. The van der Waals surface area contributed by atoms with E-state index in [4.69, 9.17) is 4.74 Å². The van der Waals surface area contributed by atoms with Crippen LogP contribution in [0.25, 0.3) is 11.0 Å². The van der Waals surface area contributed by atoms with Crippen molar-refractivity contribution in [3.8, 4) is 0 Å². The average Bonchev–Trinajstić information content (AvgIpc) is 2.56. The highest BCUT2D eigenvalue weighted by atomic mass is 32.2. The van der Waals surface area contributed by atoms with E-state index in [9.17, 15) is 8.42 Å². The van der Waals surface area contributed by atoms with Crippen molar-refractivity contribution in [2.75, 3.05) is 43.9 Å². The Morgan fingerprint density at radius 1 is 1.17 bits per heavy atom. The molecule has 0 aliphatic carbocycles. The zero-order valence-electron chi connectivity index (χ0n) is 13.0. The number of benzene rings is 1. The van der Waals surface area contributed by atoms with Gasteiger partial charge in [0.2, 0.25) is 10.0 Å². The minimum atomic E-state index is -3.27. The molecule has 3 rings (SSSR count). The first-order valence-electron chi connectivity index (χ1n) is 7.59. The fourth-order valence-electron chi connectivity index (χ4n) is 2.51. The molecule has 8 heteroatoms. The van der Waals surface area contributed by atoms with Gasteiger partial charge in [-0.1, -0.05) is 12.1 Å². The number of para-hydroxylation sites is 2. The van der Waals surface area contributed by atoms with Crippen LogP contribution in [0.4, 0.5) is 5.82 Å². The highest BCUT2D eigenvalue weighted by Crippen LogP contribution is 2.16. The highest BCUT2D eigenvalue weighted by Gasteiger charge is 2.23. The van der Waals surface area contributed by atoms with E-state index in [1.165, 1.54) is 4.31 Å². The number of sulfonamides is 1. The van der Waals surface area contributed by atoms with E-state index < -0.39 is 10.0 Å². The minimum Gasteiger partial charge on any atom is -0.379 e. The Bertz CT molecular complexity index is 788. The predicted molar refractivity (Wildman–Crippen MR) is 88.9 cm³/mol. The van der Waals surface area contributed by atoms with Gasteiger partial charge in [-0.15, -0.1) is 0 Å². The number of fused-ring (bicyclic) bond motifs is 1. The number of anilines is 1. The van der Waals surface area contributed by atoms with E-state index >= 15 is 0 Å². The van der Waals surface area contributed by atoms with E-state index in [-0.39, 0.29) is 5.75 Å². The molecule has 0 bridgehead atoms. The number of aromatic nitrogens is 2. The maximum Gasteiger partial charge on any atom is 0.215 e. The number of rotatable bonds is 5. The number of ether oxygens (including phenoxy) is 1. The summed E-state index contributed by atoms with van der Waals surface area (Å²) in [7, 11) is -3.27. The van der Waals surface area contributed by atoms with Crippen LogP contribution in [-0.2, 0) is 14.8 Å². The summed E-state index contributed by atoms with van der Waals surface area (Å²) in [6.07, 6.45) is 0. The first-order valence-corrected chi connectivity index (χ1v) is 9.20. The lowest BCUT2D eigenvalue weighted by atomic mass is 10.3. The van der Waals surface area contributed by atoms with E-state index in [0.29, 0.717) is 38.7 Å². The largest absolute Gasteiger partial charge is 0.379 e. The normalized spacial score (nSPS) is 16.6. The van der Waals surface area contributed by atoms with E-state index in [2.05, 4.69) is 15.3 Å². The Labute approximate surface area is 135 Å². The molecule has 1 aliphatic heterocycles. The van der Waals surface area contributed by atoms with Gasteiger partial charge in [0.05, 0.1) is 35.7 Å². The zero-order valence-corrected chi connectivity index (χ0v) is 13.8. The molecule has 1 aliphatic rings. The third-order valence-corrected chi connectivity index (χ3v) is 5.63. The molecule has 0 atom stereocenters. The summed E-state index contributed by atoms with van der Waals surface area (Å²) in [6, 6.07) is 7.61. The van der Waals surface area contributed by atoms with Gasteiger partial charge in [-0.05, 0) is 19.1 Å². The lowest BCUT2D eigenvalue weighted by molar-refractivity contribution is 0.0731. The lowest BCUT2D eigenvalue weighted by Crippen LogP contribution is -2.42. The zero-order chi connectivity index (χ0) is 16.3. The van der Waals surface area contributed by atoms with Gasteiger partial charge in [0.15, 0.2) is 0 Å². The highest BCUT2D eigenvalue weighted by molar-refractivity contribution is 7.89. The van der Waals surface area contributed by atoms with E-state index in [0.717, 1.165) is 16.7 Å². The lowest BCUT2D eigenvalue weighted by Gasteiger charge is -2.26. The van der Waals surface area contributed by atoms with Crippen LogP contribution in [0.1, 0.15) is 5.69 Å². The van der Waals surface area contributed by atoms with Crippen molar-refractivity contribution >= 4 is 26.9 Å². The van der Waals surface area contributed by atoms with Crippen molar-refractivity contribution in [1.29, 1.82) is 0 Å². The molecule has 1 fully saturated rings. The van der Waals surface area contributed by atoms with Crippen molar-refractivity contribution in [3.05, 3.63) is 30.0 Å². The number of hydrogen-bond acceptors (Lipinski definition) is 6. The molecule has 1 saturated heterocycles. The predicted octanol–water partition coefficient (Wildman–Crippen LogP) is 1.01. The summed E-state index contributed by atoms with van der Waals surface area (Å²) < 4.78 is 31.2. The SMILES string of the molecule is Cc1nc2ccccc2nc1NCCS(=O)(=O)N1CCOCC1. The Morgan fingerprint density at radius 3 is 2.52 bits per heavy atom. The monoisotopic (exact) mass is 336 g/mol. The molecular weight excluding hydrogens is 316 g/mol. The molecule has 1 N–H and O–H groups in total. The molecule has 1 aromatic carbocycles. The van der Waals surface area contributed by atoms with Gasteiger partial charge >= 0.3 is 0 Å². The van der Waals surface area contributed by atoms with Crippen molar-refractivity contribution in [2.24, 2.45) is 0 Å². The molecule has 1 aromatic heterocycles. The summed E-state index contributed by atoms with van der Waals surface area (Å²) in [5.41, 5.74) is 2.38. The molecule has 0 spiro atoms. The number of nitrogens with one attached hydrogen (secondary N) is 1. The van der Waals surface area contributed by atoms with Gasteiger partial charge in [-0.25, -0.2) is 18.4 Å². The second-order valence-corrected chi connectivity index (χ2v) is 7.49. The van der Waals surface area contributed by atoms with Crippen molar-refractivity contribution in [3.63, 3.8) is 0 Å². The average molecular weight is 336 g/mol. The van der Waals surface area contributed by atoms with Gasteiger partial charge < -0.3 is 10.1 Å². The van der Waals surface area contributed by atoms with Gasteiger partial charge in [-0.3, -0.25) is 0 Å². The van der Waals surface area contributed by atoms with Crippen LogP contribution in [0, 0.1) is 6.92 Å². The topological polar surface area (TPSA) is 84.4 Å². The molecule has 0 amide bonds. The van der Waals surface area contributed by atoms with Crippen LogP contribution in [0.2, 0.25) is 0 Å². The van der Waals surface area contributed by atoms with Crippen molar-refractivity contribution < 1.29 is 13.2 Å². The van der Waals surface area contributed by atoms with Crippen molar-refractivity contribution in [1.82, 2.24) is 14.3 Å². The fraction of sp³-hybridized carbons (Fsp3) is 0.467. The van der Waals surface area contributed by atoms with Gasteiger partial charge in [0, 0.05) is 19.6 Å². The summed E-state index contributed by atoms with van der Waals surface area (Å²) in [5, 5.41) is 3.09. The third-order valence-electron chi connectivity index (χ3n) is 3.76. The van der Waals surface area contributed by atoms with Crippen molar-refractivity contribution in [2.45, 2.75) is 6.92 Å². The Balaban J connectivity index is 1.65. The quantitative estimate of drug-likeness (QED) is 0.877. The molecule has 0 saturated carbocycles. The molecule has 0 unspecified atom stereocenters. The van der Waals surface area contributed by atoms with Crippen LogP contribution >= 0.6 is 0 Å². The standard InChI is InChI=1S/C15H20N4O3S/c1-12-15(18-14-5-3-2-4-13(14)17-12)16-6-11-23(20,21)19-7-9-22-10-8-19/h2-5H,6-11H2,1H3,(H,16,18). The van der Waals surface area contributed by atoms with E-state index in [1.54, 1.807) is 0 Å². The summed E-state index contributed by atoms with van der Waals surface area (Å²) in [5.74, 6) is 0.655. The number of nitrogens with zero attached hydrogens (tertiary/aromatic N) is 3. The van der Waals surface area contributed by atoms with Gasteiger partial charge in [0.25, 0.3) is 0 Å². The van der Waals surface area contributed by atoms with Crippen LogP contribution in [-0.4, -0.2) is 61.3 Å². The number of hydrogen-bond donors (Lipinski definition) is 1. The second kappa shape index (κ2) is 6.77. The Hall–Kier alpha value is -1.77. The fourth-order valence-corrected chi connectivity index (χ4v) is 3.83. The first-order chi connectivity index (χ1) is 11.1.